The standard InChI is InChI=1S/C18H18ClN/c1-12(2)18(13-6-7-13)15-5-3-4-14(8-15)16-9-17(19)11-20-10-16/h3-5,8-11,13,18H,1,6-7H2,2H3. The average molecular weight is 284 g/mol. The number of rotatable bonds is 4. The van der Waals surface area contributed by atoms with E-state index in [9.17, 15) is 0 Å². The molecule has 2 heteroatoms. The van der Waals surface area contributed by atoms with Gasteiger partial charge in [-0.15, -0.1) is 0 Å². The molecule has 0 aliphatic heterocycles. The Morgan fingerprint density at radius 2 is 2.05 bits per heavy atom. The molecule has 3 rings (SSSR count). The summed E-state index contributed by atoms with van der Waals surface area (Å²) in [5.41, 5.74) is 4.85. The van der Waals surface area contributed by atoms with Crippen LogP contribution in [0, 0.1) is 5.92 Å². The van der Waals surface area contributed by atoms with E-state index in [2.05, 4.69) is 42.8 Å². The summed E-state index contributed by atoms with van der Waals surface area (Å²) in [7, 11) is 0. The van der Waals surface area contributed by atoms with Crippen LogP contribution in [0.15, 0.2) is 54.9 Å². The van der Waals surface area contributed by atoms with Crippen molar-refractivity contribution < 1.29 is 0 Å². The summed E-state index contributed by atoms with van der Waals surface area (Å²) in [5, 5.41) is 0.673. The number of allylic oxidation sites excluding steroid dienone is 1. The lowest BCUT2D eigenvalue weighted by molar-refractivity contribution is 0.692. The molecule has 1 aliphatic carbocycles. The fourth-order valence-corrected chi connectivity index (χ4v) is 3.04. The van der Waals surface area contributed by atoms with Gasteiger partial charge in [-0.1, -0.05) is 48.0 Å². The van der Waals surface area contributed by atoms with Gasteiger partial charge in [0.25, 0.3) is 0 Å². The molecule has 1 unspecified atom stereocenters. The first-order valence-corrected chi connectivity index (χ1v) is 7.39. The number of aromatic nitrogens is 1. The third-order valence-corrected chi connectivity index (χ3v) is 4.11. The smallest absolute Gasteiger partial charge is 0.0595 e. The summed E-state index contributed by atoms with van der Waals surface area (Å²) in [6.07, 6.45) is 6.16. The highest BCUT2D eigenvalue weighted by molar-refractivity contribution is 6.30. The summed E-state index contributed by atoms with van der Waals surface area (Å²) >= 11 is 6.03. The van der Waals surface area contributed by atoms with E-state index in [1.165, 1.54) is 29.5 Å². The topological polar surface area (TPSA) is 12.9 Å². The maximum Gasteiger partial charge on any atom is 0.0595 e. The zero-order valence-electron chi connectivity index (χ0n) is 11.6. The summed E-state index contributed by atoms with van der Waals surface area (Å²) in [6, 6.07) is 10.6. The molecule has 0 amide bonds. The van der Waals surface area contributed by atoms with E-state index in [4.69, 9.17) is 11.6 Å². The van der Waals surface area contributed by atoms with Crippen molar-refractivity contribution in [3.05, 3.63) is 65.5 Å². The normalized spacial score (nSPS) is 15.9. The average Bonchev–Trinajstić information content (AvgIpc) is 3.23. The van der Waals surface area contributed by atoms with Crippen LogP contribution in [0.25, 0.3) is 11.1 Å². The van der Waals surface area contributed by atoms with Crippen molar-refractivity contribution in [1.82, 2.24) is 4.98 Å². The zero-order valence-corrected chi connectivity index (χ0v) is 12.4. The van der Waals surface area contributed by atoms with Gasteiger partial charge in [-0.2, -0.15) is 0 Å². The number of pyridine rings is 1. The molecule has 1 heterocycles. The second-order valence-electron chi connectivity index (χ2n) is 5.68. The Bertz CT molecular complexity index is 643. The minimum atomic E-state index is 0.488. The van der Waals surface area contributed by atoms with E-state index in [1.54, 1.807) is 6.20 Å². The SMILES string of the molecule is C=C(C)C(c1cccc(-c2cncc(Cl)c2)c1)C1CC1. The van der Waals surface area contributed by atoms with Crippen LogP contribution in [0.1, 0.15) is 31.2 Å². The molecule has 1 aromatic heterocycles. The van der Waals surface area contributed by atoms with Crippen LogP contribution in [0.5, 0.6) is 0 Å². The van der Waals surface area contributed by atoms with Gasteiger partial charge in [-0.25, -0.2) is 0 Å². The van der Waals surface area contributed by atoms with Gasteiger partial charge in [0.2, 0.25) is 0 Å². The number of benzene rings is 1. The van der Waals surface area contributed by atoms with Crippen LogP contribution in [0.4, 0.5) is 0 Å². The molecule has 1 aliphatic rings. The van der Waals surface area contributed by atoms with Gasteiger partial charge in [-0.05, 0) is 42.9 Å². The lowest BCUT2D eigenvalue weighted by atomic mass is 9.87. The molecule has 0 N–H and O–H groups in total. The lowest BCUT2D eigenvalue weighted by Crippen LogP contribution is -2.02. The second-order valence-corrected chi connectivity index (χ2v) is 6.12. The van der Waals surface area contributed by atoms with Crippen molar-refractivity contribution in [2.45, 2.75) is 25.7 Å². The first-order valence-electron chi connectivity index (χ1n) is 7.01. The van der Waals surface area contributed by atoms with Crippen LogP contribution in [-0.2, 0) is 0 Å². The molecule has 0 saturated heterocycles. The summed E-state index contributed by atoms with van der Waals surface area (Å²) in [4.78, 5) is 4.17. The minimum absolute atomic E-state index is 0.488. The molecule has 0 radical (unpaired) electrons. The number of hydrogen-bond acceptors (Lipinski definition) is 1. The molecule has 1 fully saturated rings. The minimum Gasteiger partial charge on any atom is -0.263 e. The molecule has 1 nitrogen and oxygen atoms in total. The number of halogens is 1. The van der Waals surface area contributed by atoms with Crippen LogP contribution < -0.4 is 0 Å². The van der Waals surface area contributed by atoms with Crippen LogP contribution >= 0.6 is 11.6 Å². The first kappa shape index (κ1) is 13.4. The highest BCUT2D eigenvalue weighted by Gasteiger charge is 2.32. The molecule has 1 aromatic carbocycles. The van der Waals surface area contributed by atoms with Crippen LogP contribution in [-0.4, -0.2) is 4.98 Å². The fourth-order valence-electron chi connectivity index (χ4n) is 2.87. The van der Waals surface area contributed by atoms with Gasteiger partial charge < -0.3 is 0 Å². The van der Waals surface area contributed by atoms with E-state index in [1.807, 2.05) is 12.3 Å². The van der Waals surface area contributed by atoms with Crippen molar-refractivity contribution in [3.63, 3.8) is 0 Å². The third kappa shape index (κ3) is 2.78. The van der Waals surface area contributed by atoms with Crippen molar-refractivity contribution in [3.8, 4) is 11.1 Å². The Hall–Kier alpha value is -1.60. The van der Waals surface area contributed by atoms with Crippen molar-refractivity contribution in [2.24, 2.45) is 5.92 Å². The Kier molecular flexibility index (Phi) is 3.62. The predicted octanol–water partition coefficient (Wildman–Crippen LogP) is 5.47. The Balaban J connectivity index is 1.98. The van der Waals surface area contributed by atoms with Crippen LogP contribution in [0.3, 0.4) is 0 Å². The summed E-state index contributed by atoms with van der Waals surface area (Å²) < 4.78 is 0. The largest absolute Gasteiger partial charge is 0.263 e. The zero-order chi connectivity index (χ0) is 14.1. The number of hydrogen-bond donors (Lipinski definition) is 0. The Labute approximate surface area is 125 Å². The third-order valence-electron chi connectivity index (χ3n) is 3.91. The molecule has 102 valence electrons. The fraction of sp³-hybridized carbons (Fsp3) is 0.278. The molecular formula is C18H18ClN. The molecule has 20 heavy (non-hydrogen) atoms. The van der Waals surface area contributed by atoms with Crippen molar-refractivity contribution in [1.29, 1.82) is 0 Å². The van der Waals surface area contributed by atoms with Crippen molar-refractivity contribution in [2.75, 3.05) is 0 Å². The molecular weight excluding hydrogens is 266 g/mol. The predicted molar refractivity (Wildman–Crippen MR) is 85.0 cm³/mol. The summed E-state index contributed by atoms with van der Waals surface area (Å²) in [5.74, 6) is 1.27. The first-order chi connectivity index (χ1) is 9.65. The van der Waals surface area contributed by atoms with Gasteiger partial charge in [-0.3, -0.25) is 4.98 Å². The van der Waals surface area contributed by atoms with E-state index >= 15 is 0 Å². The molecule has 2 aromatic rings. The van der Waals surface area contributed by atoms with E-state index in [0.29, 0.717) is 10.9 Å². The Morgan fingerprint density at radius 1 is 1.25 bits per heavy atom. The summed E-state index contributed by atoms with van der Waals surface area (Å²) in [6.45, 7) is 6.31. The molecule has 1 saturated carbocycles. The van der Waals surface area contributed by atoms with E-state index < -0.39 is 0 Å². The van der Waals surface area contributed by atoms with E-state index in [0.717, 1.165) is 11.5 Å². The highest BCUT2D eigenvalue weighted by Crippen LogP contribution is 2.46. The lowest BCUT2D eigenvalue weighted by Gasteiger charge is -2.18. The Morgan fingerprint density at radius 3 is 2.70 bits per heavy atom. The van der Waals surface area contributed by atoms with Crippen molar-refractivity contribution >= 4 is 11.6 Å². The monoisotopic (exact) mass is 283 g/mol. The maximum atomic E-state index is 6.03. The number of nitrogens with zero attached hydrogens (tertiary/aromatic N) is 1. The maximum absolute atomic E-state index is 6.03. The molecule has 1 atom stereocenters. The quantitative estimate of drug-likeness (QED) is 0.678. The van der Waals surface area contributed by atoms with Gasteiger partial charge >= 0.3 is 0 Å². The highest BCUT2D eigenvalue weighted by atomic mass is 35.5. The molecule has 0 bridgehead atoms. The van der Waals surface area contributed by atoms with Crippen LogP contribution in [0.2, 0.25) is 5.02 Å². The second kappa shape index (κ2) is 5.41. The van der Waals surface area contributed by atoms with Gasteiger partial charge in [0.05, 0.1) is 5.02 Å². The van der Waals surface area contributed by atoms with Gasteiger partial charge in [0, 0.05) is 23.9 Å². The van der Waals surface area contributed by atoms with E-state index in [-0.39, 0.29) is 0 Å². The van der Waals surface area contributed by atoms with Gasteiger partial charge in [0.1, 0.15) is 0 Å². The van der Waals surface area contributed by atoms with Gasteiger partial charge in [0.15, 0.2) is 0 Å². The molecule has 0 spiro atoms.